The summed E-state index contributed by atoms with van der Waals surface area (Å²) < 4.78 is 5.58. The molecule has 0 N–H and O–H groups in total. The van der Waals surface area contributed by atoms with Crippen LogP contribution in [0.1, 0.15) is 12.8 Å². The molecule has 4 nitrogen and oxygen atoms in total. The van der Waals surface area contributed by atoms with Gasteiger partial charge < -0.3 is 9.64 Å². The van der Waals surface area contributed by atoms with E-state index in [2.05, 4.69) is 5.32 Å². The lowest BCUT2D eigenvalue weighted by Crippen LogP contribution is -2.50. The Labute approximate surface area is 101 Å². The molecule has 1 amide bonds. The average molecular weight is 231 g/mol. The number of hydrogen-bond acceptors (Lipinski definition) is 2. The quantitative estimate of drug-likeness (QED) is 0.734. The van der Waals surface area contributed by atoms with E-state index in [1.54, 1.807) is 11.9 Å². The summed E-state index contributed by atoms with van der Waals surface area (Å²) in [6.07, 6.45) is 1.91. The molecule has 0 aromatic heterocycles. The minimum absolute atomic E-state index is 0.0376. The second-order valence-electron chi connectivity index (χ2n) is 4.51. The molecule has 1 aromatic carbocycles. The minimum atomic E-state index is -0.364. The zero-order chi connectivity index (χ0) is 11.8. The smallest absolute Gasteiger partial charge is 0.254 e. The highest BCUT2D eigenvalue weighted by Crippen LogP contribution is 2.33. The average Bonchev–Trinajstić information content (AvgIpc) is 2.87. The summed E-state index contributed by atoms with van der Waals surface area (Å²) in [5.41, 5.74) is 1.77. The van der Waals surface area contributed by atoms with Crippen molar-refractivity contribution >= 4 is 17.3 Å². The zero-order valence-corrected chi connectivity index (χ0v) is 9.80. The molecule has 1 fully saturated rings. The predicted molar refractivity (Wildman–Crippen MR) is 64.4 cm³/mol. The van der Waals surface area contributed by atoms with Gasteiger partial charge in [-0.2, -0.15) is 0 Å². The maximum absolute atomic E-state index is 12.2. The third-order valence-electron chi connectivity index (χ3n) is 3.42. The van der Waals surface area contributed by atoms with Crippen molar-refractivity contribution in [1.82, 2.24) is 5.32 Å². The van der Waals surface area contributed by atoms with Gasteiger partial charge in [0.15, 0.2) is 6.04 Å². The number of anilines is 1. The van der Waals surface area contributed by atoms with Gasteiger partial charge in [-0.25, -0.2) is 0 Å². The Kier molecular flexibility index (Phi) is 2.52. The van der Waals surface area contributed by atoms with Gasteiger partial charge >= 0.3 is 0 Å². The molecule has 2 heterocycles. The standard InChI is InChI=1S/C13H15N2O2/c1-15-10-6-3-2-5-9(10)14-12(13(15)16)11-7-4-8-17-11/h2-3,5-6,11-12H,4,7-8H2,1H3. The van der Waals surface area contributed by atoms with E-state index in [1.807, 2.05) is 24.3 Å². The number of rotatable bonds is 1. The Bertz CT molecular complexity index is 441. The lowest BCUT2D eigenvalue weighted by molar-refractivity contribution is -0.123. The fourth-order valence-corrected chi connectivity index (χ4v) is 2.47. The van der Waals surface area contributed by atoms with Crippen LogP contribution < -0.4 is 10.2 Å². The Balaban J connectivity index is 1.92. The lowest BCUT2D eigenvalue weighted by Gasteiger charge is -2.33. The van der Waals surface area contributed by atoms with Crippen LogP contribution in [0.5, 0.6) is 0 Å². The van der Waals surface area contributed by atoms with Gasteiger partial charge in [-0.3, -0.25) is 10.1 Å². The van der Waals surface area contributed by atoms with Gasteiger partial charge in [-0.1, -0.05) is 12.1 Å². The molecule has 89 valence electrons. The molecule has 0 spiro atoms. The van der Waals surface area contributed by atoms with Gasteiger partial charge in [-0.15, -0.1) is 0 Å². The van der Waals surface area contributed by atoms with Gasteiger partial charge in [0.05, 0.1) is 17.5 Å². The summed E-state index contributed by atoms with van der Waals surface area (Å²) in [5.74, 6) is 0.0376. The van der Waals surface area contributed by atoms with Crippen molar-refractivity contribution in [2.75, 3.05) is 18.6 Å². The van der Waals surface area contributed by atoms with E-state index in [9.17, 15) is 4.79 Å². The summed E-state index contributed by atoms with van der Waals surface area (Å²) in [4.78, 5) is 13.9. The maximum Gasteiger partial charge on any atom is 0.254 e. The molecule has 4 heteroatoms. The van der Waals surface area contributed by atoms with Crippen molar-refractivity contribution in [2.45, 2.75) is 25.0 Å². The highest BCUT2D eigenvalue weighted by atomic mass is 16.5. The van der Waals surface area contributed by atoms with E-state index in [0.29, 0.717) is 0 Å². The van der Waals surface area contributed by atoms with Crippen LogP contribution >= 0.6 is 0 Å². The van der Waals surface area contributed by atoms with Gasteiger partial charge in [0.25, 0.3) is 5.91 Å². The summed E-state index contributed by atoms with van der Waals surface area (Å²) in [5, 5.41) is 4.54. The minimum Gasteiger partial charge on any atom is -0.375 e. The van der Waals surface area contributed by atoms with Crippen LogP contribution in [0.4, 0.5) is 11.4 Å². The van der Waals surface area contributed by atoms with Crippen LogP contribution in [-0.2, 0) is 9.53 Å². The first-order chi connectivity index (χ1) is 8.27. The van der Waals surface area contributed by atoms with E-state index >= 15 is 0 Å². The van der Waals surface area contributed by atoms with Crippen molar-refractivity contribution in [3.8, 4) is 0 Å². The first kappa shape index (κ1) is 10.6. The number of ether oxygens (including phenoxy) is 1. The number of carbonyl (C=O) groups is 1. The number of nitrogens with zero attached hydrogens (tertiary/aromatic N) is 2. The summed E-state index contributed by atoms with van der Waals surface area (Å²) in [6.45, 7) is 0.745. The topological polar surface area (TPSA) is 43.6 Å². The van der Waals surface area contributed by atoms with Crippen LogP contribution in [-0.4, -0.2) is 31.7 Å². The Morgan fingerprint density at radius 1 is 1.41 bits per heavy atom. The third kappa shape index (κ3) is 1.69. The van der Waals surface area contributed by atoms with Crippen molar-refractivity contribution in [1.29, 1.82) is 0 Å². The molecule has 1 aromatic rings. The molecule has 1 saturated heterocycles. The van der Waals surface area contributed by atoms with Crippen molar-refractivity contribution in [2.24, 2.45) is 0 Å². The molecule has 2 atom stereocenters. The summed E-state index contributed by atoms with van der Waals surface area (Å²) in [7, 11) is 1.80. The Hall–Kier alpha value is -1.55. The first-order valence-electron chi connectivity index (χ1n) is 5.96. The monoisotopic (exact) mass is 231 g/mol. The fourth-order valence-electron chi connectivity index (χ4n) is 2.47. The molecular weight excluding hydrogens is 216 g/mol. The van der Waals surface area contributed by atoms with E-state index in [4.69, 9.17) is 4.74 Å². The highest BCUT2D eigenvalue weighted by Gasteiger charge is 2.39. The number of benzene rings is 1. The molecule has 0 saturated carbocycles. The van der Waals surface area contributed by atoms with Gasteiger partial charge in [0, 0.05) is 13.7 Å². The Morgan fingerprint density at radius 3 is 3.00 bits per heavy atom. The molecule has 2 aliphatic rings. The van der Waals surface area contributed by atoms with Crippen molar-refractivity contribution in [3.63, 3.8) is 0 Å². The maximum atomic E-state index is 12.2. The summed E-state index contributed by atoms with van der Waals surface area (Å²) >= 11 is 0. The zero-order valence-electron chi connectivity index (χ0n) is 9.80. The van der Waals surface area contributed by atoms with Gasteiger partial charge in [-0.05, 0) is 25.0 Å². The Morgan fingerprint density at radius 2 is 2.24 bits per heavy atom. The lowest BCUT2D eigenvalue weighted by atomic mass is 10.0. The molecule has 2 unspecified atom stereocenters. The van der Waals surface area contributed by atoms with Gasteiger partial charge in [0.2, 0.25) is 0 Å². The largest absolute Gasteiger partial charge is 0.375 e. The number of likely N-dealkylation sites (N-methyl/N-ethyl adjacent to an activating group) is 1. The summed E-state index contributed by atoms with van der Waals surface area (Å²) in [6, 6.07) is 7.36. The first-order valence-corrected chi connectivity index (χ1v) is 5.96. The van der Waals surface area contributed by atoms with E-state index in [0.717, 1.165) is 30.8 Å². The predicted octanol–water partition coefficient (Wildman–Crippen LogP) is 1.45. The van der Waals surface area contributed by atoms with Crippen LogP contribution in [0.3, 0.4) is 0 Å². The highest BCUT2D eigenvalue weighted by molar-refractivity contribution is 6.02. The molecule has 0 bridgehead atoms. The second-order valence-corrected chi connectivity index (χ2v) is 4.51. The normalized spacial score (nSPS) is 27.8. The molecule has 1 radical (unpaired) electrons. The molecule has 0 aliphatic carbocycles. The molecular formula is C13H15N2O2. The SMILES string of the molecule is CN1C(=O)C(C2CCCO2)[N]c2ccccc21. The molecule has 3 rings (SSSR count). The van der Waals surface area contributed by atoms with Crippen LogP contribution in [0.25, 0.3) is 0 Å². The number of carbonyl (C=O) groups excluding carboxylic acids is 1. The van der Waals surface area contributed by atoms with Crippen molar-refractivity contribution < 1.29 is 9.53 Å². The number of fused-ring (bicyclic) bond motifs is 1. The molecule has 2 aliphatic heterocycles. The van der Waals surface area contributed by atoms with Crippen molar-refractivity contribution in [3.05, 3.63) is 24.3 Å². The molecule has 17 heavy (non-hydrogen) atoms. The van der Waals surface area contributed by atoms with Crippen LogP contribution in [0.2, 0.25) is 0 Å². The fraction of sp³-hybridized carbons (Fsp3) is 0.462. The van der Waals surface area contributed by atoms with E-state index < -0.39 is 0 Å². The number of amides is 1. The number of para-hydroxylation sites is 2. The van der Waals surface area contributed by atoms with E-state index in [1.165, 1.54) is 0 Å². The number of hydrogen-bond donors (Lipinski definition) is 0. The van der Waals surface area contributed by atoms with E-state index in [-0.39, 0.29) is 18.1 Å². The second kappa shape index (κ2) is 4.04. The van der Waals surface area contributed by atoms with Crippen LogP contribution in [0, 0.1) is 0 Å². The van der Waals surface area contributed by atoms with Gasteiger partial charge in [0.1, 0.15) is 0 Å². The third-order valence-corrected chi connectivity index (χ3v) is 3.42. The van der Waals surface area contributed by atoms with Crippen LogP contribution in [0.15, 0.2) is 24.3 Å².